The Morgan fingerprint density at radius 2 is 1.72 bits per heavy atom. The molecule has 0 spiro atoms. The normalized spacial score (nSPS) is 11.2. The molecule has 1 aromatic carbocycles. The molecule has 0 heterocycles. The molecule has 0 atom stereocenters. The summed E-state index contributed by atoms with van der Waals surface area (Å²) in [5.41, 5.74) is 0.490. The van der Waals surface area contributed by atoms with Gasteiger partial charge in [0.25, 0.3) is 5.91 Å². The van der Waals surface area contributed by atoms with Crippen molar-refractivity contribution in [3.05, 3.63) is 29.8 Å². The number of nitrogens with zero attached hydrogens (tertiary/aromatic N) is 1. The molecule has 0 bridgehead atoms. The van der Waals surface area contributed by atoms with Gasteiger partial charge in [0, 0.05) is 25.3 Å². The summed E-state index contributed by atoms with van der Waals surface area (Å²) in [6.45, 7) is 0.954. The molecule has 5 heteroatoms. The molecule has 0 aliphatic heterocycles. The van der Waals surface area contributed by atoms with Gasteiger partial charge in [-0.15, -0.1) is 0 Å². The van der Waals surface area contributed by atoms with Gasteiger partial charge in [0.2, 0.25) is 0 Å². The minimum atomic E-state index is -1.00. The van der Waals surface area contributed by atoms with Crippen molar-refractivity contribution in [3.63, 3.8) is 0 Å². The second-order valence-corrected chi connectivity index (χ2v) is 4.77. The van der Waals surface area contributed by atoms with E-state index in [1.54, 1.807) is 19.1 Å². The third-order valence-electron chi connectivity index (χ3n) is 2.76. The smallest absolute Gasteiger partial charge is 0.251 e. The van der Waals surface area contributed by atoms with Crippen LogP contribution in [0.3, 0.4) is 0 Å². The number of nitrogens with one attached hydrogen (secondary N) is 1. The molecule has 0 saturated carbocycles. The molecule has 3 N–H and O–H groups in total. The van der Waals surface area contributed by atoms with E-state index >= 15 is 0 Å². The molecule has 0 aliphatic carbocycles. The van der Waals surface area contributed by atoms with Crippen molar-refractivity contribution in [2.24, 2.45) is 0 Å². The average Bonchev–Trinajstić information content (AvgIpc) is 2.38. The van der Waals surface area contributed by atoms with Crippen molar-refractivity contribution >= 4 is 11.6 Å². The van der Waals surface area contributed by atoms with Gasteiger partial charge in [-0.05, 0) is 31.2 Å². The Kier molecular flexibility index (Phi) is 4.69. The third-order valence-corrected chi connectivity index (χ3v) is 2.76. The number of amides is 1. The van der Waals surface area contributed by atoms with Crippen molar-refractivity contribution in [2.75, 3.05) is 32.2 Å². The first kappa shape index (κ1) is 14.5. The van der Waals surface area contributed by atoms with Crippen molar-refractivity contribution in [3.8, 4) is 0 Å². The van der Waals surface area contributed by atoms with E-state index in [4.69, 9.17) is 10.2 Å². The summed E-state index contributed by atoms with van der Waals surface area (Å²) in [6, 6.07) is 7.09. The topological polar surface area (TPSA) is 72.8 Å². The zero-order chi connectivity index (χ0) is 13.8. The molecule has 0 unspecified atom stereocenters. The number of carbonyl (C=O) groups excluding carboxylic acids is 1. The molecule has 0 fully saturated rings. The second-order valence-electron chi connectivity index (χ2n) is 4.77. The highest BCUT2D eigenvalue weighted by atomic mass is 16.3. The van der Waals surface area contributed by atoms with Crippen LogP contribution in [0.2, 0.25) is 0 Å². The number of rotatable bonds is 5. The summed E-state index contributed by atoms with van der Waals surface area (Å²) in [7, 11) is 3.84. The van der Waals surface area contributed by atoms with Gasteiger partial charge in [-0.25, -0.2) is 0 Å². The fourth-order valence-electron chi connectivity index (χ4n) is 1.39. The fourth-order valence-corrected chi connectivity index (χ4v) is 1.39. The van der Waals surface area contributed by atoms with Gasteiger partial charge in [-0.3, -0.25) is 4.79 Å². The van der Waals surface area contributed by atoms with Crippen LogP contribution in [-0.2, 0) is 0 Å². The zero-order valence-electron chi connectivity index (χ0n) is 11.0. The quantitative estimate of drug-likeness (QED) is 0.701. The summed E-state index contributed by atoms with van der Waals surface area (Å²) in [4.78, 5) is 13.9. The monoisotopic (exact) mass is 252 g/mol. The van der Waals surface area contributed by atoms with E-state index < -0.39 is 5.54 Å². The lowest BCUT2D eigenvalue weighted by atomic mass is 10.0. The van der Waals surface area contributed by atoms with Crippen LogP contribution in [0.15, 0.2) is 24.3 Å². The van der Waals surface area contributed by atoms with E-state index in [0.717, 1.165) is 5.69 Å². The van der Waals surface area contributed by atoms with Gasteiger partial charge in [-0.2, -0.15) is 0 Å². The van der Waals surface area contributed by atoms with Gasteiger partial charge in [0.05, 0.1) is 18.8 Å². The van der Waals surface area contributed by atoms with Crippen molar-refractivity contribution in [1.82, 2.24) is 5.32 Å². The lowest BCUT2D eigenvalue weighted by Gasteiger charge is -2.26. The van der Waals surface area contributed by atoms with Gasteiger partial charge in [0.15, 0.2) is 0 Å². The van der Waals surface area contributed by atoms with E-state index in [-0.39, 0.29) is 19.1 Å². The van der Waals surface area contributed by atoms with Gasteiger partial charge in [-0.1, -0.05) is 0 Å². The van der Waals surface area contributed by atoms with Crippen LogP contribution >= 0.6 is 0 Å². The third kappa shape index (κ3) is 3.45. The number of benzene rings is 1. The highest BCUT2D eigenvalue weighted by Gasteiger charge is 2.24. The molecule has 5 nitrogen and oxygen atoms in total. The largest absolute Gasteiger partial charge is 0.394 e. The Morgan fingerprint density at radius 3 is 2.11 bits per heavy atom. The lowest BCUT2D eigenvalue weighted by molar-refractivity contribution is 0.0724. The Balaban J connectivity index is 2.79. The summed E-state index contributed by atoms with van der Waals surface area (Å²) in [6.07, 6.45) is 0. The first-order valence-corrected chi connectivity index (χ1v) is 5.73. The maximum atomic E-state index is 11.9. The van der Waals surface area contributed by atoms with Crippen molar-refractivity contribution in [1.29, 1.82) is 0 Å². The van der Waals surface area contributed by atoms with E-state index in [2.05, 4.69) is 5.32 Å². The molecule has 1 rings (SSSR count). The summed E-state index contributed by atoms with van der Waals surface area (Å²) in [5.74, 6) is -0.314. The Bertz CT molecular complexity index is 397. The summed E-state index contributed by atoms with van der Waals surface area (Å²) < 4.78 is 0. The molecule has 18 heavy (non-hydrogen) atoms. The minimum Gasteiger partial charge on any atom is -0.394 e. The predicted octanol–water partition coefficient (Wildman–Crippen LogP) is 0.226. The van der Waals surface area contributed by atoms with Crippen LogP contribution < -0.4 is 10.2 Å². The maximum Gasteiger partial charge on any atom is 0.251 e. The highest BCUT2D eigenvalue weighted by Crippen LogP contribution is 2.13. The van der Waals surface area contributed by atoms with Crippen LogP contribution in [0.5, 0.6) is 0 Å². The first-order chi connectivity index (χ1) is 8.41. The summed E-state index contributed by atoms with van der Waals surface area (Å²) in [5, 5.41) is 20.8. The van der Waals surface area contributed by atoms with Crippen LogP contribution in [0, 0.1) is 0 Å². The van der Waals surface area contributed by atoms with Crippen LogP contribution in [0.25, 0.3) is 0 Å². The number of aliphatic hydroxyl groups excluding tert-OH is 2. The minimum absolute atomic E-state index is 0.314. The van der Waals surface area contributed by atoms with Crippen molar-refractivity contribution < 1.29 is 15.0 Å². The highest BCUT2D eigenvalue weighted by molar-refractivity contribution is 5.95. The number of anilines is 1. The average molecular weight is 252 g/mol. The molecule has 0 saturated heterocycles. The Hall–Kier alpha value is -1.59. The van der Waals surface area contributed by atoms with Crippen LogP contribution in [0.1, 0.15) is 17.3 Å². The number of carbonyl (C=O) groups is 1. The molecule has 1 amide bonds. The maximum absolute atomic E-state index is 11.9. The van der Waals surface area contributed by atoms with E-state index in [1.165, 1.54) is 0 Å². The van der Waals surface area contributed by atoms with E-state index in [0.29, 0.717) is 5.56 Å². The van der Waals surface area contributed by atoms with Crippen LogP contribution in [-0.4, -0.2) is 49.0 Å². The SMILES string of the molecule is CN(C)c1ccc(C(=O)NC(C)(CO)CO)cc1. The summed E-state index contributed by atoms with van der Waals surface area (Å²) >= 11 is 0. The lowest BCUT2D eigenvalue weighted by Crippen LogP contribution is -2.51. The standard InChI is InChI=1S/C13H20N2O3/c1-13(8-16,9-17)14-12(18)10-4-6-11(7-5-10)15(2)3/h4-7,16-17H,8-9H2,1-3H3,(H,14,18). The molecule has 100 valence electrons. The van der Waals surface area contributed by atoms with Crippen molar-refractivity contribution in [2.45, 2.75) is 12.5 Å². The van der Waals surface area contributed by atoms with E-state index in [9.17, 15) is 4.79 Å². The molecular formula is C13H20N2O3. The number of hydrogen-bond donors (Lipinski definition) is 3. The second kappa shape index (κ2) is 5.84. The molecule has 0 aliphatic rings. The van der Waals surface area contributed by atoms with Gasteiger partial charge < -0.3 is 20.4 Å². The van der Waals surface area contributed by atoms with E-state index in [1.807, 2.05) is 31.1 Å². The number of aliphatic hydroxyl groups is 2. The molecular weight excluding hydrogens is 232 g/mol. The molecule has 0 aromatic heterocycles. The Labute approximate surface area is 107 Å². The van der Waals surface area contributed by atoms with Crippen LogP contribution in [0.4, 0.5) is 5.69 Å². The zero-order valence-corrected chi connectivity index (χ0v) is 11.0. The molecule has 0 radical (unpaired) electrons. The molecule has 1 aromatic rings. The van der Waals surface area contributed by atoms with Gasteiger partial charge in [0.1, 0.15) is 0 Å². The van der Waals surface area contributed by atoms with Gasteiger partial charge >= 0.3 is 0 Å². The predicted molar refractivity (Wildman–Crippen MR) is 70.8 cm³/mol. The Morgan fingerprint density at radius 1 is 1.22 bits per heavy atom. The fraction of sp³-hybridized carbons (Fsp3) is 0.462. The first-order valence-electron chi connectivity index (χ1n) is 5.73. The number of hydrogen-bond acceptors (Lipinski definition) is 4.